The molecule has 1 saturated heterocycles. The van der Waals surface area contributed by atoms with E-state index in [1.54, 1.807) is 49.4 Å². The summed E-state index contributed by atoms with van der Waals surface area (Å²) in [6, 6.07) is 13.0. The van der Waals surface area contributed by atoms with Crippen LogP contribution in [-0.4, -0.2) is 64.9 Å². The van der Waals surface area contributed by atoms with Crippen molar-refractivity contribution in [1.29, 1.82) is 0 Å². The van der Waals surface area contributed by atoms with Crippen LogP contribution in [0.1, 0.15) is 18.4 Å². The number of pyridine rings is 2. The lowest BCUT2D eigenvalue weighted by molar-refractivity contribution is 0.0654. The van der Waals surface area contributed by atoms with Gasteiger partial charge in [0.1, 0.15) is 12.3 Å². The number of H-pyrrole nitrogens is 1. The second kappa shape index (κ2) is 12.7. The van der Waals surface area contributed by atoms with Gasteiger partial charge in [0.05, 0.1) is 13.2 Å². The average molecular weight is 634 g/mol. The first-order valence-electron chi connectivity index (χ1n) is 13.7. The van der Waals surface area contributed by atoms with Gasteiger partial charge in [-0.15, -0.1) is 0 Å². The standard InChI is InChI=1S/C29H27N7O8S/c1-17-9-10-23(31-15-17)45(38,39)36-27-24(43-22-8-4-3-7-21(22)40-2)28(42-16-19-6-5-13-41-19)33-25(32-27)18-11-12-30-20(14-18)26-34-29(37)44-35-26/h3-4,7-12,14-15,19H,5-6,13,16H2,1-2H3,(H,32,33,36)(H,34,35,37). The minimum absolute atomic E-state index is 0.0498. The second-order valence-corrected chi connectivity index (χ2v) is 11.5. The minimum Gasteiger partial charge on any atom is -0.493 e. The van der Waals surface area contributed by atoms with Crippen molar-refractivity contribution in [2.45, 2.75) is 30.9 Å². The monoisotopic (exact) mass is 633 g/mol. The molecule has 1 fully saturated rings. The number of aromatic amines is 1. The van der Waals surface area contributed by atoms with E-state index in [-0.39, 0.29) is 58.3 Å². The van der Waals surface area contributed by atoms with Gasteiger partial charge in [0.25, 0.3) is 15.9 Å². The number of nitrogens with one attached hydrogen (secondary N) is 2. The van der Waals surface area contributed by atoms with Crippen LogP contribution in [0.25, 0.3) is 22.9 Å². The molecule has 0 spiro atoms. The first-order chi connectivity index (χ1) is 21.8. The number of rotatable bonds is 11. The van der Waals surface area contributed by atoms with Gasteiger partial charge >= 0.3 is 5.76 Å². The zero-order valence-electron chi connectivity index (χ0n) is 24.1. The molecule has 45 heavy (non-hydrogen) atoms. The van der Waals surface area contributed by atoms with Gasteiger partial charge in [-0.1, -0.05) is 23.4 Å². The largest absolute Gasteiger partial charge is 0.493 e. The summed E-state index contributed by atoms with van der Waals surface area (Å²) >= 11 is 0. The van der Waals surface area contributed by atoms with Crippen LogP contribution in [0.2, 0.25) is 0 Å². The van der Waals surface area contributed by atoms with Crippen molar-refractivity contribution in [2.24, 2.45) is 0 Å². The number of para-hydroxylation sites is 2. The van der Waals surface area contributed by atoms with Crippen molar-refractivity contribution in [3.05, 3.63) is 77.0 Å². The van der Waals surface area contributed by atoms with Crippen LogP contribution < -0.4 is 24.7 Å². The Hall–Kier alpha value is -5.35. The molecule has 5 aromatic rings. The van der Waals surface area contributed by atoms with Crippen LogP contribution in [0.4, 0.5) is 5.82 Å². The number of hydrogen-bond acceptors (Lipinski definition) is 13. The first kappa shape index (κ1) is 29.7. The smallest absolute Gasteiger partial charge is 0.439 e. The summed E-state index contributed by atoms with van der Waals surface area (Å²) in [6.45, 7) is 2.51. The summed E-state index contributed by atoms with van der Waals surface area (Å²) in [5.74, 6) is -0.403. The minimum atomic E-state index is -4.27. The zero-order chi connectivity index (χ0) is 31.4. The van der Waals surface area contributed by atoms with Gasteiger partial charge in [-0.3, -0.25) is 19.2 Å². The van der Waals surface area contributed by atoms with Crippen molar-refractivity contribution >= 4 is 15.8 Å². The molecular weight excluding hydrogens is 606 g/mol. The number of anilines is 1. The van der Waals surface area contributed by atoms with Gasteiger partial charge < -0.3 is 18.9 Å². The number of sulfonamides is 1. The number of nitrogens with zero attached hydrogens (tertiary/aromatic N) is 5. The highest BCUT2D eigenvalue weighted by Gasteiger charge is 2.27. The molecule has 1 atom stereocenters. The summed E-state index contributed by atoms with van der Waals surface area (Å²) < 4.78 is 57.8. The molecule has 4 aromatic heterocycles. The SMILES string of the molecule is COc1ccccc1Oc1c(NS(=O)(=O)c2ccc(C)cn2)nc(-c2ccnc(-c3noc(=O)[nH]3)c2)nc1OCC1CCCO1. The molecule has 15 nitrogen and oxygen atoms in total. The molecule has 1 aromatic carbocycles. The molecule has 0 amide bonds. The van der Waals surface area contributed by atoms with Crippen LogP contribution in [0, 0.1) is 6.92 Å². The van der Waals surface area contributed by atoms with E-state index in [2.05, 4.69) is 39.3 Å². The van der Waals surface area contributed by atoms with Gasteiger partial charge in [-0.05, 0) is 55.7 Å². The lowest BCUT2D eigenvalue weighted by Crippen LogP contribution is -2.19. The fourth-order valence-corrected chi connectivity index (χ4v) is 5.35. The number of methoxy groups -OCH3 is 1. The Bertz CT molecular complexity index is 1970. The van der Waals surface area contributed by atoms with Crippen molar-refractivity contribution in [2.75, 3.05) is 25.0 Å². The summed E-state index contributed by atoms with van der Waals surface area (Å²) in [5, 5.41) is 3.44. The van der Waals surface area contributed by atoms with E-state index >= 15 is 0 Å². The fourth-order valence-electron chi connectivity index (χ4n) is 4.41. The van der Waals surface area contributed by atoms with E-state index in [1.807, 2.05) is 0 Å². The third-order valence-electron chi connectivity index (χ3n) is 6.64. The average Bonchev–Trinajstić information content (AvgIpc) is 3.73. The lowest BCUT2D eigenvalue weighted by atomic mass is 10.2. The summed E-state index contributed by atoms with van der Waals surface area (Å²) in [5.41, 5.74) is 1.43. The van der Waals surface area contributed by atoms with Gasteiger partial charge in [-0.2, -0.15) is 13.4 Å². The van der Waals surface area contributed by atoms with E-state index in [4.69, 9.17) is 18.9 Å². The van der Waals surface area contributed by atoms with Crippen molar-refractivity contribution in [1.82, 2.24) is 30.1 Å². The van der Waals surface area contributed by atoms with Gasteiger partial charge in [-0.25, -0.2) is 14.8 Å². The quantitative estimate of drug-likeness (QED) is 0.214. The maximum Gasteiger partial charge on any atom is 0.439 e. The van der Waals surface area contributed by atoms with Crippen molar-refractivity contribution < 1.29 is 31.9 Å². The Morgan fingerprint density at radius 3 is 2.64 bits per heavy atom. The zero-order valence-corrected chi connectivity index (χ0v) is 24.9. The summed E-state index contributed by atoms with van der Waals surface area (Å²) in [7, 11) is -2.79. The number of aryl methyl sites for hydroxylation is 1. The molecule has 2 N–H and O–H groups in total. The molecule has 6 rings (SSSR count). The van der Waals surface area contributed by atoms with Crippen LogP contribution >= 0.6 is 0 Å². The number of hydrogen-bond donors (Lipinski definition) is 2. The maximum atomic E-state index is 13.6. The Morgan fingerprint density at radius 2 is 1.93 bits per heavy atom. The Labute approximate surface area is 256 Å². The normalized spacial score (nSPS) is 14.7. The Morgan fingerprint density at radius 1 is 1.09 bits per heavy atom. The highest BCUT2D eigenvalue weighted by atomic mass is 32.2. The van der Waals surface area contributed by atoms with Gasteiger partial charge in [0.2, 0.25) is 11.6 Å². The molecule has 16 heteroatoms. The Kier molecular flexibility index (Phi) is 8.39. The van der Waals surface area contributed by atoms with E-state index < -0.39 is 15.8 Å². The molecule has 0 saturated carbocycles. The topological polar surface area (TPSA) is 194 Å². The van der Waals surface area contributed by atoms with E-state index in [0.29, 0.717) is 17.9 Å². The molecule has 1 unspecified atom stereocenters. The Balaban J connectivity index is 1.50. The van der Waals surface area contributed by atoms with E-state index in [9.17, 15) is 13.2 Å². The first-order valence-corrected chi connectivity index (χ1v) is 15.2. The number of benzene rings is 1. The number of ether oxygens (including phenoxy) is 4. The molecule has 0 radical (unpaired) electrons. The van der Waals surface area contributed by atoms with Crippen molar-refractivity contribution in [3.8, 4) is 46.0 Å². The van der Waals surface area contributed by atoms with Crippen LogP contribution in [0.5, 0.6) is 23.1 Å². The molecule has 1 aliphatic rings. The third kappa shape index (κ3) is 6.76. The molecule has 232 valence electrons. The van der Waals surface area contributed by atoms with Crippen LogP contribution in [-0.2, 0) is 14.8 Å². The summed E-state index contributed by atoms with van der Waals surface area (Å²) in [4.78, 5) is 31.4. The number of aromatic nitrogens is 6. The third-order valence-corrected chi connectivity index (χ3v) is 7.89. The lowest BCUT2D eigenvalue weighted by Gasteiger charge is -2.19. The second-order valence-electron chi connectivity index (χ2n) is 9.88. The predicted octanol–water partition coefficient (Wildman–Crippen LogP) is 3.74. The predicted molar refractivity (Wildman–Crippen MR) is 159 cm³/mol. The molecular formula is C29H27N7O8S. The van der Waals surface area contributed by atoms with E-state index in [0.717, 1.165) is 18.4 Å². The molecule has 0 bridgehead atoms. The van der Waals surface area contributed by atoms with E-state index in [1.165, 1.54) is 25.6 Å². The van der Waals surface area contributed by atoms with Gasteiger partial charge in [0.15, 0.2) is 28.2 Å². The maximum absolute atomic E-state index is 13.6. The van der Waals surface area contributed by atoms with Crippen molar-refractivity contribution in [3.63, 3.8) is 0 Å². The van der Waals surface area contributed by atoms with Crippen LogP contribution in [0.3, 0.4) is 0 Å². The van der Waals surface area contributed by atoms with Crippen LogP contribution in [0.15, 0.2) is 75.3 Å². The highest BCUT2D eigenvalue weighted by molar-refractivity contribution is 7.92. The molecule has 5 heterocycles. The molecule has 0 aliphatic carbocycles. The fraction of sp³-hybridized carbons (Fsp3) is 0.241. The van der Waals surface area contributed by atoms with Gasteiger partial charge in [0, 0.05) is 24.6 Å². The molecule has 1 aliphatic heterocycles. The summed E-state index contributed by atoms with van der Waals surface area (Å²) in [6.07, 6.45) is 4.35. The highest BCUT2D eigenvalue weighted by Crippen LogP contribution is 2.42.